The van der Waals surface area contributed by atoms with E-state index in [1.54, 1.807) is 0 Å². The number of methoxy groups -OCH3 is 1. The van der Waals surface area contributed by atoms with Crippen molar-refractivity contribution in [1.82, 2.24) is 10.0 Å². The second-order valence-corrected chi connectivity index (χ2v) is 6.05. The van der Waals surface area contributed by atoms with Crippen LogP contribution in [0.3, 0.4) is 0 Å². The second kappa shape index (κ2) is 8.31. The van der Waals surface area contributed by atoms with Crippen LogP contribution in [0.5, 0.6) is 0 Å². The molecule has 1 rings (SSSR count). The molecule has 0 aliphatic heterocycles. The largest absolute Gasteiger partial charge is 0.383 e. The van der Waals surface area contributed by atoms with Gasteiger partial charge in [-0.1, -0.05) is 13.0 Å². The Bertz CT molecular complexity index is 520. The fraction of sp³-hybridized carbons (Fsp3) is 0.538. The second-order valence-electron chi connectivity index (χ2n) is 4.32. The molecular formula is C13H21FN2O3S. The van der Waals surface area contributed by atoms with Crippen LogP contribution in [0.1, 0.15) is 18.9 Å². The van der Waals surface area contributed by atoms with Crippen molar-refractivity contribution < 1.29 is 17.5 Å². The van der Waals surface area contributed by atoms with E-state index in [0.29, 0.717) is 12.1 Å². The van der Waals surface area contributed by atoms with Gasteiger partial charge in [-0.2, -0.15) is 0 Å². The van der Waals surface area contributed by atoms with Gasteiger partial charge in [0.15, 0.2) is 0 Å². The van der Waals surface area contributed by atoms with Crippen molar-refractivity contribution in [3.05, 3.63) is 29.6 Å². The molecule has 0 unspecified atom stereocenters. The monoisotopic (exact) mass is 304 g/mol. The molecule has 2 N–H and O–H groups in total. The molecule has 0 heterocycles. The molecule has 0 saturated heterocycles. The number of ether oxygens (including phenoxy) is 1. The van der Waals surface area contributed by atoms with E-state index in [-0.39, 0.29) is 18.0 Å². The summed E-state index contributed by atoms with van der Waals surface area (Å²) in [5.74, 6) is -0.573. The van der Waals surface area contributed by atoms with E-state index in [2.05, 4.69) is 10.0 Å². The number of rotatable bonds is 9. The third-order valence-corrected chi connectivity index (χ3v) is 4.20. The Kier molecular flexibility index (Phi) is 7.08. The lowest BCUT2D eigenvalue weighted by atomic mass is 10.2. The van der Waals surface area contributed by atoms with Gasteiger partial charge in [-0.15, -0.1) is 0 Å². The molecule has 0 spiro atoms. The lowest BCUT2D eigenvalue weighted by Crippen LogP contribution is -2.29. The highest BCUT2D eigenvalue weighted by atomic mass is 32.2. The Balaban J connectivity index is 2.92. The standard InChI is InChI=1S/C13H21FN2O3S/c1-3-6-15-10-11-4-5-12(14)9-13(11)20(17,18)16-7-8-19-2/h4-5,9,15-16H,3,6-8,10H2,1-2H3. The van der Waals surface area contributed by atoms with Crippen molar-refractivity contribution >= 4 is 10.0 Å². The van der Waals surface area contributed by atoms with E-state index in [9.17, 15) is 12.8 Å². The van der Waals surface area contributed by atoms with E-state index in [1.165, 1.54) is 19.2 Å². The molecule has 0 aliphatic rings. The summed E-state index contributed by atoms with van der Waals surface area (Å²) in [6.07, 6.45) is 0.940. The van der Waals surface area contributed by atoms with Gasteiger partial charge in [0.25, 0.3) is 0 Å². The summed E-state index contributed by atoms with van der Waals surface area (Å²) in [7, 11) is -2.25. The van der Waals surface area contributed by atoms with E-state index in [0.717, 1.165) is 19.0 Å². The summed E-state index contributed by atoms with van der Waals surface area (Å²) >= 11 is 0. The molecule has 0 bridgehead atoms. The number of nitrogens with one attached hydrogen (secondary N) is 2. The van der Waals surface area contributed by atoms with E-state index < -0.39 is 15.8 Å². The third kappa shape index (κ3) is 5.16. The SMILES string of the molecule is CCCNCc1ccc(F)cc1S(=O)(=O)NCCOC. The van der Waals surface area contributed by atoms with Crippen LogP contribution in [-0.2, 0) is 21.3 Å². The number of sulfonamides is 1. The number of halogens is 1. The Hall–Kier alpha value is -1.02. The summed E-state index contributed by atoms with van der Waals surface area (Å²) in [4.78, 5) is -0.0304. The Morgan fingerprint density at radius 3 is 2.70 bits per heavy atom. The van der Waals surface area contributed by atoms with Crippen molar-refractivity contribution in [2.45, 2.75) is 24.8 Å². The average molecular weight is 304 g/mol. The summed E-state index contributed by atoms with van der Waals surface area (Å²) in [6, 6.07) is 3.79. The van der Waals surface area contributed by atoms with Crippen LogP contribution in [-0.4, -0.2) is 35.2 Å². The fourth-order valence-corrected chi connectivity index (χ4v) is 2.94. The van der Waals surface area contributed by atoms with Crippen LogP contribution in [0.25, 0.3) is 0 Å². The first-order chi connectivity index (χ1) is 9.51. The molecule has 114 valence electrons. The van der Waals surface area contributed by atoms with Gasteiger partial charge in [0.1, 0.15) is 5.82 Å². The molecule has 0 aromatic heterocycles. The van der Waals surface area contributed by atoms with Gasteiger partial charge in [0.2, 0.25) is 10.0 Å². The van der Waals surface area contributed by atoms with Crippen molar-refractivity contribution in [2.24, 2.45) is 0 Å². The normalized spacial score (nSPS) is 11.8. The zero-order chi connectivity index (χ0) is 15.0. The van der Waals surface area contributed by atoms with Gasteiger partial charge >= 0.3 is 0 Å². The molecule has 5 nitrogen and oxygen atoms in total. The minimum absolute atomic E-state index is 0.0304. The number of hydrogen-bond donors (Lipinski definition) is 2. The molecule has 1 aromatic carbocycles. The Morgan fingerprint density at radius 1 is 1.30 bits per heavy atom. The van der Waals surface area contributed by atoms with E-state index in [4.69, 9.17) is 4.74 Å². The average Bonchev–Trinajstić information content (AvgIpc) is 2.41. The molecule has 0 atom stereocenters. The summed E-state index contributed by atoms with van der Waals surface area (Å²) in [5, 5.41) is 3.11. The van der Waals surface area contributed by atoms with Gasteiger partial charge in [0, 0.05) is 20.2 Å². The maximum atomic E-state index is 13.3. The first-order valence-corrected chi connectivity index (χ1v) is 7.97. The molecule has 0 amide bonds. The van der Waals surface area contributed by atoms with Crippen molar-refractivity contribution in [3.63, 3.8) is 0 Å². The van der Waals surface area contributed by atoms with Crippen LogP contribution in [0.2, 0.25) is 0 Å². The first kappa shape index (κ1) is 17.0. The molecule has 20 heavy (non-hydrogen) atoms. The first-order valence-electron chi connectivity index (χ1n) is 6.49. The molecule has 0 aliphatic carbocycles. The molecule has 1 aromatic rings. The summed E-state index contributed by atoms with van der Waals surface area (Å²) in [6.45, 7) is 3.58. The molecular weight excluding hydrogens is 283 g/mol. The van der Waals surface area contributed by atoms with Crippen LogP contribution >= 0.6 is 0 Å². The van der Waals surface area contributed by atoms with E-state index in [1.807, 2.05) is 6.92 Å². The number of benzene rings is 1. The summed E-state index contributed by atoms with van der Waals surface area (Å²) in [5.41, 5.74) is 0.546. The van der Waals surface area contributed by atoms with Crippen molar-refractivity contribution in [1.29, 1.82) is 0 Å². The zero-order valence-corrected chi connectivity index (χ0v) is 12.6. The zero-order valence-electron chi connectivity index (χ0n) is 11.8. The predicted molar refractivity (Wildman–Crippen MR) is 75.5 cm³/mol. The molecule has 0 radical (unpaired) electrons. The van der Waals surface area contributed by atoms with Crippen molar-refractivity contribution in [2.75, 3.05) is 26.8 Å². The smallest absolute Gasteiger partial charge is 0.241 e. The van der Waals surface area contributed by atoms with Gasteiger partial charge < -0.3 is 10.1 Å². The molecule has 0 saturated carbocycles. The van der Waals surface area contributed by atoms with Gasteiger partial charge in [0.05, 0.1) is 11.5 Å². The third-order valence-electron chi connectivity index (χ3n) is 2.66. The Labute approximate surface area is 119 Å². The minimum atomic E-state index is -3.73. The lowest BCUT2D eigenvalue weighted by Gasteiger charge is -2.12. The quantitative estimate of drug-likeness (QED) is 0.674. The van der Waals surface area contributed by atoms with E-state index >= 15 is 0 Å². The van der Waals surface area contributed by atoms with Crippen LogP contribution < -0.4 is 10.0 Å². The van der Waals surface area contributed by atoms with Gasteiger partial charge in [-0.3, -0.25) is 0 Å². The van der Waals surface area contributed by atoms with Crippen LogP contribution in [0, 0.1) is 5.82 Å². The van der Waals surface area contributed by atoms with Crippen LogP contribution in [0.15, 0.2) is 23.1 Å². The molecule has 0 fully saturated rings. The van der Waals surface area contributed by atoms with Gasteiger partial charge in [-0.05, 0) is 30.7 Å². The Morgan fingerprint density at radius 2 is 2.05 bits per heavy atom. The van der Waals surface area contributed by atoms with Crippen molar-refractivity contribution in [3.8, 4) is 0 Å². The maximum absolute atomic E-state index is 13.3. The highest BCUT2D eigenvalue weighted by molar-refractivity contribution is 7.89. The topological polar surface area (TPSA) is 67.4 Å². The fourth-order valence-electron chi connectivity index (χ4n) is 1.68. The minimum Gasteiger partial charge on any atom is -0.383 e. The predicted octanol–water partition coefficient (Wildman–Crippen LogP) is 1.25. The maximum Gasteiger partial charge on any atom is 0.241 e. The number of hydrogen-bond acceptors (Lipinski definition) is 4. The molecule has 7 heteroatoms. The van der Waals surface area contributed by atoms with Gasteiger partial charge in [-0.25, -0.2) is 17.5 Å². The highest BCUT2D eigenvalue weighted by Crippen LogP contribution is 2.17. The highest BCUT2D eigenvalue weighted by Gasteiger charge is 2.18. The lowest BCUT2D eigenvalue weighted by molar-refractivity contribution is 0.204. The van der Waals surface area contributed by atoms with Crippen LogP contribution in [0.4, 0.5) is 4.39 Å². The summed E-state index contributed by atoms with van der Waals surface area (Å²) < 4.78 is 44.8.